The molecule has 6 heteroatoms. The molecule has 1 unspecified atom stereocenters. The zero-order valence-electron chi connectivity index (χ0n) is 12.4. The fraction of sp³-hybridized carbons (Fsp3) is 0.500. The van der Waals surface area contributed by atoms with E-state index in [0.717, 1.165) is 12.1 Å². The van der Waals surface area contributed by atoms with E-state index in [1.807, 2.05) is 13.8 Å². The molecule has 0 aliphatic carbocycles. The molecule has 1 heterocycles. The lowest BCUT2D eigenvalue weighted by Crippen LogP contribution is -2.47. The number of ketones is 1. The van der Waals surface area contributed by atoms with Crippen LogP contribution in [-0.2, 0) is 20.7 Å². The van der Waals surface area contributed by atoms with Gasteiger partial charge in [0.05, 0.1) is 0 Å². The van der Waals surface area contributed by atoms with Crippen molar-refractivity contribution in [1.29, 1.82) is 0 Å². The van der Waals surface area contributed by atoms with Gasteiger partial charge in [0.25, 0.3) is 0 Å². The number of cyclic esters (lactones) is 1. The number of hydrogen-bond acceptors (Lipinski definition) is 3. The van der Waals surface area contributed by atoms with Crippen LogP contribution in [0.1, 0.15) is 38.7 Å². The Morgan fingerprint density at radius 1 is 1.18 bits per heavy atom. The van der Waals surface area contributed by atoms with Gasteiger partial charge in [-0.25, -0.2) is 13.2 Å². The normalized spacial score (nSPS) is 22.1. The van der Waals surface area contributed by atoms with Crippen molar-refractivity contribution in [3.63, 3.8) is 0 Å². The molecule has 1 aromatic rings. The van der Waals surface area contributed by atoms with Crippen LogP contribution >= 0.6 is 0 Å². The van der Waals surface area contributed by atoms with Crippen molar-refractivity contribution in [2.24, 2.45) is 5.92 Å². The van der Waals surface area contributed by atoms with Crippen molar-refractivity contribution in [2.45, 2.75) is 45.1 Å². The van der Waals surface area contributed by atoms with Gasteiger partial charge in [-0.1, -0.05) is 13.8 Å². The third kappa shape index (κ3) is 3.31. The van der Waals surface area contributed by atoms with Gasteiger partial charge in [-0.3, -0.25) is 9.59 Å². The maximum absolute atomic E-state index is 13.2. The average molecular weight is 314 g/mol. The molecule has 0 saturated carbocycles. The zero-order valence-corrected chi connectivity index (χ0v) is 12.4. The summed E-state index contributed by atoms with van der Waals surface area (Å²) in [5.41, 5.74) is -0.723. The Morgan fingerprint density at radius 3 is 2.27 bits per heavy atom. The first-order valence-corrected chi connectivity index (χ1v) is 7.10. The molecule has 1 aromatic carbocycles. The standard InChI is InChI=1S/C16H17F3O3/c1-9(2)16(8-11(20)7-14(21)22-16)4-3-10-5-12(17)15(19)13(18)6-10/h5-6,9H,3-4,7-8H2,1-2H3. The number of ether oxygens (including phenoxy) is 1. The van der Waals surface area contributed by atoms with Gasteiger partial charge in [0.15, 0.2) is 17.5 Å². The highest BCUT2D eigenvalue weighted by Crippen LogP contribution is 2.35. The van der Waals surface area contributed by atoms with Gasteiger partial charge in [0.1, 0.15) is 17.8 Å². The molecular weight excluding hydrogens is 297 g/mol. The number of carbonyl (C=O) groups is 2. The first-order valence-electron chi connectivity index (χ1n) is 7.10. The molecule has 1 fully saturated rings. The summed E-state index contributed by atoms with van der Waals surface area (Å²) in [7, 11) is 0. The zero-order chi connectivity index (χ0) is 16.5. The minimum Gasteiger partial charge on any atom is -0.458 e. The lowest BCUT2D eigenvalue weighted by Gasteiger charge is -2.39. The van der Waals surface area contributed by atoms with E-state index >= 15 is 0 Å². The molecule has 0 radical (unpaired) electrons. The van der Waals surface area contributed by atoms with Gasteiger partial charge in [0, 0.05) is 6.42 Å². The Hall–Kier alpha value is -1.85. The summed E-state index contributed by atoms with van der Waals surface area (Å²) in [4.78, 5) is 23.2. The lowest BCUT2D eigenvalue weighted by molar-refractivity contribution is -0.177. The molecule has 2 rings (SSSR count). The first kappa shape index (κ1) is 16.5. The highest BCUT2D eigenvalue weighted by atomic mass is 19.2. The van der Waals surface area contributed by atoms with Crippen LogP contribution in [0.5, 0.6) is 0 Å². The highest BCUT2D eigenvalue weighted by molar-refractivity contribution is 5.98. The molecule has 1 aliphatic heterocycles. The smallest absolute Gasteiger partial charge is 0.313 e. The van der Waals surface area contributed by atoms with E-state index in [1.165, 1.54) is 0 Å². The molecule has 1 saturated heterocycles. The minimum atomic E-state index is -1.51. The largest absolute Gasteiger partial charge is 0.458 e. The molecule has 3 nitrogen and oxygen atoms in total. The van der Waals surface area contributed by atoms with Gasteiger partial charge in [-0.2, -0.15) is 0 Å². The molecule has 120 valence electrons. The summed E-state index contributed by atoms with van der Waals surface area (Å²) in [5, 5.41) is 0. The molecular formula is C16H17F3O3. The fourth-order valence-electron chi connectivity index (χ4n) is 2.71. The monoisotopic (exact) mass is 314 g/mol. The number of aryl methyl sites for hydroxylation is 1. The van der Waals surface area contributed by atoms with E-state index in [1.54, 1.807) is 0 Å². The minimum absolute atomic E-state index is 0.0859. The van der Waals surface area contributed by atoms with E-state index < -0.39 is 29.0 Å². The van der Waals surface area contributed by atoms with Crippen LogP contribution in [0.15, 0.2) is 12.1 Å². The Labute approximate surface area is 126 Å². The van der Waals surface area contributed by atoms with Crippen LogP contribution in [0.2, 0.25) is 0 Å². The van der Waals surface area contributed by atoms with Crippen molar-refractivity contribution in [3.05, 3.63) is 35.1 Å². The Balaban J connectivity index is 2.19. The van der Waals surface area contributed by atoms with E-state index in [0.29, 0.717) is 0 Å². The summed E-state index contributed by atoms with van der Waals surface area (Å²) in [6, 6.07) is 1.83. The average Bonchev–Trinajstić information content (AvgIpc) is 2.41. The maximum Gasteiger partial charge on any atom is 0.313 e. The van der Waals surface area contributed by atoms with Crippen LogP contribution in [0.25, 0.3) is 0 Å². The highest BCUT2D eigenvalue weighted by Gasteiger charge is 2.43. The maximum atomic E-state index is 13.2. The van der Waals surface area contributed by atoms with E-state index in [-0.39, 0.29) is 42.9 Å². The van der Waals surface area contributed by atoms with Gasteiger partial charge >= 0.3 is 5.97 Å². The number of rotatable bonds is 4. The van der Waals surface area contributed by atoms with Gasteiger partial charge in [0.2, 0.25) is 0 Å². The molecule has 0 N–H and O–H groups in total. The number of hydrogen-bond donors (Lipinski definition) is 0. The summed E-state index contributed by atoms with van der Waals surface area (Å²) in [6.45, 7) is 3.63. The van der Waals surface area contributed by atoms with Crippen molar-refractivity contribution < 1.29 is 27.5 Å². The molecule has 0 bridgehead atoms. The second kappa shape index (κ2) is 6.10. The first-order chi connectivity index (χ1) is 10.2. The molecule has 1 aliphatic rings. The Kier molecular flexibility index (Phi) is 4.58. The predicted octanol–water partition coefficient (Wildman–Crippen LogP) is 3.34. The third-order valence-electron chi connectivity index (χ3n) is 4.09. The SMILES string of the molecule is CC(C)C1(CCc2cc(F)c(F)c(F)c2)CC(=O)CC(=O)O1. The second-order valence-corrected chi connectivity index (χ2v) is 5.96. The topological polar surface area (TPSA) is 43.4 Å². The number of benzene rings is 1. The number of carbonyl (C=O) groups excluding carboxylic acids is 2. The van der Waals surface area contributed by atoms with E-state index in [9.17, 15) is 22.8 Å². The van der Waals surface area contributed by atoms with E-state index in [2.05, 4.69) is 0 Å². The van der Waals surface area contributed by atoms with Crippen LogP contribution in [-0.4, -0.2) is 17.4 Å². The van der Waals surface area contributed by atoms with Crippen molar-refractivity contribution >= 4 is 11.8 Å². The predicted molar refractivity (Wildman–Crippen MR) is 72.5 cm³/mol. The summed E-state index contributed by atoms with van der Waals surface area (Å²) in [5.74, 6) is -4.95. The molecule has 1 atom stereocenters. The molecule has 0 amide bonds. The van der Waals surface area contributed by atoms with Gasteiger partial charge < -0.3 is 4.74 Å². The third-order valence-corrected chi connectivity index (χ3v) is 4.09. The summed E-state index contributed by atoms with van der Waals surface area (Å²) >= 11 is 0. The lowest BCUT2D eigenvalue weighted by atomic mass is 9.78. The number of esters is 1. The second-order valence-electron chi connectivity index (χ2n) is 5.96. The summed E-state index contributed by atoms with van der Waals surface area (Å²) < 4.78 is 44.8. The van der Waals surface area contributed by atoms with Crippen LogP contribution in [0.3, 0.4) is 0 Å². The van der Waals surface area contributed by atoms with Crippen LogP contribution in [0, 0.1) is 23.4 Å². The molecule has 0 spiro atoms. The number of halogens is 3. The van der Waals surface area contributed by atoms with E-state index in [4.69, 9.17) is 4.74 Å². The van der Waals surface area contributed by atoms with Crippen LogP contribution in [0.4, 0.5) is 13.2 Å². The molecule has 22 heavy (non-hydrogen) atoms. The van der Waals surface area contributed by atoms with Crippen molar-refractivity contribution in [3.8, 4) is 0 Å². The van der Waals surface area contributed by atoms with Gasteiger partial charge in [-0.05, 0) is 36.5 Å². The Bertz CT molecular complexity index is 572. The van der Waals surface area contributed by atoms with Crippen LogP contribution < -0.4 is 0 Å². The van der Waals surface area contributed by atoms with Crippen molar-refractivity contribution in [2.75, 3.05) is 0 Å². The Morgan fingerprint density at radius 2 is 1.77 bits per heavy atom. The van der Waals surface area contributed by atoms with Gasteiger partial charge in [-0.15, -0.1) is 0 Å². The quantitative estimate of drug-likeness (QED) is 0.486. The fourth-order valence-corrected chi connectivity index (χ4v) is 2.71. The number of Topliss-reactive ketones (excluding diaryl/α,β-unsaturated/α-hetero) is 1. The molecule has 0 aromatic heterocycles. The summed E-state index contributed by atoms with van der Waals surface area (Å²) in [6.07, 6.45) is 0.260. The van der Waals surface area contributed by atoms with Crippen molar-refractivity contribution in [1.82, 2.24) is 0 Å².